The van der Waals surface area contributed by atoms with E-state index in [1.807, 2.05) is 12.1 Å². The molecule has 1 aliphatic heterocycles. The van der Waals surface area contributed by atoms with Gasteiger partial charge in [-0.1, -0.05) is 30.7 Å². The van der Waals surface area contributed by atoms with Crippen LogP contribution in [-0.2, 0) is 4.79 Å². The predicted molar refractivity (Wildman–Crippen MR) is 94.9 cm³/mol. The van der Waals surface area contributed by atoms with Crippen molar-refractivity contribution in [3.63, 3.8) is 0 Å². The maximum absolute atomic E-state index is 10.7. The molecule has 0 aliphatic carbocycles. The molecule has 2 atom stereocenters. The summed E-state index contributed by atoms with van der Waals surface area (Å²) in [6.45, 7) is 5.34. The van der Waals surface area contributed by atoms with Gasteiger partial charge in [-0.25, -0.2) is 0 Å². The molecule has 2 N–H and O–H groups in total. The molecule has 0 unspecified atom stereocenters. The second kappa shape index (κ2) is 9.51. The van der Waals surface area contributed by atoms with Crippen molar-refractivity contribution in [2.24, 2.45) is 11.7 Å². The number of rotatable bonds is 6. The zero-order chi connectivity index (χ0) is 15.2. The number of piperidine rings is 1. The third kappa shape index (κ3) is 5.54. The van der Waals surface area contributed by atoms with Gasteiger partial charge in [0, 0.05) is 5.02 Å². The van der Waals surface area contributed by atoms with E-state index in [4.69, 9.17) is 17.3 Å². The lowest BCUT2D eigenvalue weighted by Crippen LogP contribution is -2.37. The molecule has 1 aromatic carbocycles. The van der Waals surface area contributed by atoms with Crippen molar-refractivity contribution in [1.29, 1.82) is 0 Å². The number of nitrogens with two attached hydrogens (primary N) is 1. The molecule has 2 rings (SSSR count). The number of hydrogen-bond donors (Lipinski definition) is 1. The normalized spacial score (nSPS) is 19.2. The monoisotopic (exact) mass is 344 g/mol. The molecule has 0 bridgehead atoms. The van der Waals surface area contributed by atoms with Crippen molar-refractivity contribution in [3.05, 3.63) is 34.9 Å². The Morgan fingerprint density at radius 2 is 1.91 bits per heavy atom. The first kappa shape index (κ1) is 19.4. The smallest absolute Gasteiger partial charge is 0.136 e. The van der Waals surface area contributed by atoms with Crippen LogP contribution in [0.5, 0.6) is 0 Å². The van der Waals surface area contributed by atoms with Gasteiger partial charge >= 0.3 is 0 Å². The highest BCUT2D eigenvalue weighted by molar-refractivity contribution is 6.30. The first-order valence-corrected chi connectivity index (χ1v) is 8.16. The van der Waals surface area contributed by atoms with Crippen LogP contribution >= 0.6 is 24.0 Å². The molecule has 1 fully saturated rings. The molecule has 5 heteroatoms. The van der Waals surface area contributed by atoms with E-state index in [2.05, 4.69) is 24.0 Å². The number of benzene rings is 1. The fraction of sp³-hybridized carbons (Fsp3) is 0.588. The molecule has 124 valence electrons. The quantitative estimate of drug-likeness (QED) is 0.803. The van der Waals surface area contributed by atoms with Crippen molar-refractivity contribution in [1.82, 2.24) is 4.90 Å². The highest BCUT2D eigenvalue weighted by atomic mass is 35.5. The van der Waals surface area contributed by atoms with Crippen LogP contribution in [0.1, 0.15) is 37.7 Å². The lowest BCUT2D eigenvalue weighted by Gasteiger charge is -2.33. The molecule has 0 radical (unpaired) electrons. The Morgan fingerprint density at radius 1 is 1.32 bits per heavy atom. The van der Waals surface area contributed by atoms with Gasteiger partial charge in [0.15, 0.2) is 0 Å². The summed E-state index contributed by atoms with van der Waals surface area (Å²) in [7, 11) is 0. The van der Waals surface area contributed by atoms with Crippen LogP contribution in [0, 0.1) is 5.92 Å². The standard InChI is InChI=1S/C17H25ClN2O.ClH/c1-13(17(19)12-21)6-9-20-10-7-15(8-11-20)14-2-4-16(18)5-3-14;/h2-5,12-13,15,17H,6-11,19H2,1H3;1H/t13-,17+;/m1./s1. The van der Waals surface area contributed by atoms with Crippen molar-refractivity contribution in [3.8, 4) is 0 Å². The summed E-state index contributed by atoms with van der Waals surface area (Å²) >= 11 is 5.94. The molecular formula is C17H26Cl2N2O. The Kier molecular flexibility index (Phi) is 8.40. The van der Waals surface area contributed by atoms with E-state index < -0.39 is 0 Å². The highest BCUT2D eigenvalue weighted by Crippen LogP contribution is 2.29. The minimum absolute atomic E-state index is 0. The molecule has 1 heterocycles. The van der Waals surface area contributed by atoms with E-state index in [0.717, 1.165) is 37.4 Å². The molecule has 1 aromatic rings. The molecular weight excluding hydrogens is 319 g/mol. The van der Waals surface area contributed by atoms with Crippen LogP contribution in [-0.4, -0.2) is 36.9 Å². The van der Waals surface area contributed by atoms with Crippen molar-refractivity contribution < 1.29 is 4.79 Å². The van der Waals surface area contributed by atoms with Crippen LogP contribution in [0.15, 0.2) is 24.3 Å². The van der Waals surface area contributed by atoms with E-state index in [1.54, 1.807) is 0 Å². The summed E-state index contributed by atoms with van der Waals surface area (Å²) in [5.41, 5.74) is 7.14. The van der Waals surface area contributed by atoms with Gasteiger partial charge in [-0.15, -0.1) is 12.4 Å². The summed E-state index contributed by atoms with van der Waals surface area (Å²) in [6.07, 6.45) is 4.23. The van der Waals surface area contributed by atoms with Crippen LogP contribution in [0.4, 0.5) is 0 Å². The average Bonchev–Trinajstić information content (AvgIpc) is 2.53. The van der Waals surface area contributed by atoms with Gasteiger partial charge in [0.25, 0.3) is 0 Å². The number of likely N-dealkylation sites (tertiary alicyclic amines) is 1. The Labute approximate surface area is 144 Å². The van der Waals surface area contributed by atoms with Crippen molar-refractivity contribution in [2.75, 3.05) is 19.6 Å². The largest absolute Gasteiger partial charge is 0.322 e. The fourth-order valence-corrected chi connectivity index (χ4v) is 3.06. The summed E-state index contributed by atoms with van der Waals surface area (Å²) in [5, 5.41) is 0.802. The van der Waals surface area contributed by atoms with E-state index in [1.165, 1.54) is 18.4 Å². The summed E-state index contributed by atoms with van der Waals surface area (Å²) in [4.78, 5) is 13.2. The lowest BCUT2D eigenvalue weighted by atomic mass is 9.89. The van der Waals surface area contributed by atoms with Crippen molar-refractivity contribution >= 4 is 30.3 Å². The number of aldehydes is 1. The van der Waals surface area contributed by atoms with Gasteiger partial charge in [-0.05, 0) is 68.4 Å². The summed E-state index contributed by atoms with van der Waals surface area (Å²) in [5.74, 6) is 0.907. The van der Waals surface area contributed by atoms with Crippen LogP contribution in [0.3, 0.4) is 0 Å². The minimum atomic E-state index is -0.323. The van der Waals surface area contributed by atoms with Crippen molar-refractivity contribution in [2.45, 2.75) is 38.1 Å². The van der Waals surface area contributed by atoms with Gasteiger partial charge in [0.1, 0.15) is 6.29 Å². The number of carbonyl (C=O) groups is 1. The topological polar surface area (TPSA) is 46.3 Å². The van der Waals surface area contributed by atoms with E-state index >= 15 is 0 Å². The lowest BCUT2D eigenvalue weighted by molar-refractivity contribution is -0.109. The van der Waals surface area contributed by atoms with E-state index in [0.29, 0.717) is 5.92 Å². The molecule has 0 saturated carbocycles. The zero-order valence-electron chi connectivity index (χ0n) is 13.1. The van der Waals surface area contributed by atoms with Gasteiger partial charge < -0.3 is 15.4 Å². The fourth-order valence-electron chi connectivity index (χ4n) is 2.94. The Bertz CT molecular complexity index is 444. The third-order valence-electron chi connectivity index (χ3n) is 4.64. The molecule has 0 spiro atoms. The second-order valence-corrected chi connectivity index (χ2v) is 6.58. The first-order valence-electron chi connectivity index (χ1n) is 7.79. The molecule has 1 aliphatic rings. The minimum Gasteiger partial charge on any atom is -0.322 e. The van der Waals surface area contributed by atoms with E-state index in [9.17, 15) is 4.79 Å². The summed E-state index contributed by atoms with van der Waals surface area (Å²) in [6, 6.07) is 7.93. The Morgan fingerprint density at radius 3 is 2.45 bits per heavy atom. The van der Waals surface area contributed by atoms with Gasteiger partial charge in [-0.2, -0.15) is 0 Å². The van der Waals surface area contributed by atoms with Gasteiger partial charge in [0.05, 0.1) is 6.04 Å². The Hall–Kier alpha value is -0.610. The number of halogens is 2. The Balaban J connectivity index is 0.00000242. The van der Waals surface area contributed by atoms with Crippen LogP contribution in [0.25, 0.3) is 0 Å². The third-order valence-corrected chi connectivity index (χ3v) is 4.90. The molecule has 22 heavy (non-hydrogen) atoms. The number of hydrogen-bond acceptors (Lipinski definition) is 3. The van der Waals surface area contributed by atoms with Crippen LogP contribution < -0.4 is 5.73 Å². The summed E-state index contributed by atoms with van der Waals surface area (Å²) < 4.78 is 0. The average molecular weight is 345 g/mol. The number of nitrogens with zero attached hydrogens (tertiary/aromatic N) is 1. The predicted octanol–water partition coefficient (Wildman–Crippen LogP) is 3.49. The van der Waals surface area contributed by atoms with Gasteiger partial charge in [0.2, 0.25) is 0 Å². The van der Waals surface area contributed by atoms with Gasteiger partial charge in [-0.3, -0.25) is 0 Å². The highest BCUT2D eigenvalue weighted by Gasteiger charge is 2.21. The van der Waals surface area contributed by atoms with Crippen LogP contribution in [0.2, 0.25) is 5.02 Å². The van der Waals surface area contributed by atoms with E-state index in [-0.39, 0.29) is 24.4 Å². The molecule has 0 amide bonds. The maximum atomic E-state index is 10.7. The molecule has 0 aromatic heterocycles. The SMILES string of the molecule is C[C@H](CCN1CCC(c2ccc(Cl)cc2)CC1)[C@@H](N)C=O.Cl. The first-order chi connectivity index (χ1) is 10.1. The maximum Gasteiger partial charge on any atom is 0.136 e. The number of carbonyl (C=O) groups excluding carboxylic acids is 1. The molecule has 1 saturated heterocycles. The molecule has 3 nitrogen and oxygen atoms in total. The second-order valence-electron chi connectivity index (χ2n) is 6.15. The zero-order valence-corrected chi connectivity index (χ0v) is 14.7.